The molecule has 0 N–H and O–H groups in total. The zero-order valence-corrected chi connectivity index (χ0v) is 15.8. The van der Waals surface area contributed by atoms with Crippen LogP contribution in [0.3, 0.4) is 0 Å². The first kappa shape index (κ1) is 19.9. The summed E-state index contributed by atoms with van der Waals surface area (Å²) in [6.07, 6.45) is 0. The second-order valence-electron chi connectivity index (χ2n) is 5.96. The molecule has 0 saturated heterocycles. The number of ether oxygens (including phenoxy) is 1. The van der Waals surface area contributed by atoms with Gasteiger partial charge in [0.1, 0.15) is 11.6 Å². The molecule has 2 aromatic carbocycles. The second-order valence-corrected chi connectivity index (χ2v) is 6.90. The van der Waals surface area contributed by atoms with Crippen molar-refractivity contribution in [3.05, 3.63) is 59.4 Å². The number of thioether (sulfide) groups is 1. The van der Waals surface area contributed by atoms with Crippen LogP contribution in [0.15, 0.2) is 47.6 Å². The predicted molar refractivity (Wildman–Crippen MR) is 99.3 cm³/mol. The Morgan fingerprint density at radius 3 is 2.57 bits per heavy atom. The largest absolute Gasteiger partial charge is 0.434 e. The summed E-state index contributed by atoms with van der Waals surface area (Å²) < 4.78 is 44.3. The minimum Gasteiger partial charge on any atom is -0.434 e. The van der Waals surface area contributed by atoms with E-state index in [0.717, 1.165) is 17.3 Å². The molecule has 0 amide bonds. The Balaban J connectivity index is 1.75. The van der Waals surface area contributed by atoms with Crippen molar-refractivity contribution in [3.8, 4) is 17.1 Å². The van der Waals surface area contributed by atoms with Crippen LogP contribution in [0.4, 0.5) is 13.2 Å². The maximum Gasteiger partial charge on any atom is 0.387 e. The van der Waals surface area contributed by atoms with Crippen molar-refractivity contribution in [2.75, 3.05) is 5.75 Å². The van der Waals surface area contributed by atoms with E-state index in [2.05, 4.69) is 14.9 Å². The number of aryl methyl sites for hydroxylation is 1. The average Bonchev–Trinajstić information content (AvgIpc) is 3.02. The quantitative estimate of drug-likeness (QED) is 0.426. The van der Waals surface area contributed by atoms with Gasteiger partial charge in [-0.15, -0.1) is 10.2 Å². The van der Waals surface area contributed by atoms with E-state index >= 15 is 0 Å². The predicted octanol–water partition coefficient (Wildman–Crippen LogP) is 4.51. The number of carbonyl (C=O) groups excluding carboxylic acids is 1. The highest BCUT2D eigenvalue weighted by Gasteiger charge is 2.18. The Kier molecular flexibility index (Phi) is 6.03. The molecule has 0 spiro atoms. The number of ketones is 1. The molecule has 0 atom stereocenters. The van der Waals surface area contributed by atoms with Crippen LogP contribution >= 0.6 is 11.8 Å². The second kappa shape index (κ2) is 8.47. The molecule has 0 unspecified atom stereocenters. The fourth-order valence-corrected chi connectivity index (χ4v) is 3.35. The molecule has 0 saturated carbocycles. The van der Waals surface area contributed by atoms with E-state index in [0.29, 0.717) is 16.5 Å². The zero-order chi connectivity index (χ0) is 20.3. The van der Waals surface area contributed by atoms with Crippen LogP contribution in [0.2, 0.25) is 0 Å². The SMILES string of the molecule is Cc1ccc(OC(F)F)c(C(=O)CSc2nnc(-c3ccc(F)cc3)n2C)c1. The maximum absolute atomic E-state index is 13.1. The Labute approximate surface area is 163 Å². The van der Waals surface area contributed by atoms with E-state index in [-0.39, 0.29) is 28.7 Å². The van der Waals surface area contributed by atoms with Gasteiger partial charge in [-0.2, -0.15) is 8.78 Å². The summed E-state index contributed by atoms with van der Waals surface area (Å²) in [5, 5.41) is 8.59. The summed E-state index contributed by atoms with van der Waals surface area (Å²) in [6.45, 7) is -1.26. The number of rotatable bonds is 7. The molecule has 1 heterocycles. The van der Waals surface area contributed by atoms with Gasteiger partial charge >= 0.3 is 6.61 Å². The average molecular weight is 407 g/mol. The molecule has 9 heteroatoms. The number of halogens is 3. The lowest BCUT2D eigenvalue weighted by molar-refractivity contribution is -0.0501. The van der Waals surface area contributed by atoms with Gasteiger partial charge in [0.15, 0.2) is 16.8 Å². The van der Waals surface area contributed by atoms with Crippen LogP contribution < -0.4 is 4.74 Å². The van der Waals surface area contributed by atoms with Crippen molar-refractivity contribution >= 4 is 17.5 Å². The molecular formula is C19H16F3N3O2S. The highest BCUT2D eigenvalue weighted by atomic mass is 32.2. The van der Waals surface area contributed by atoms with Gasteiger partial charge in [0, 0.05) is 12.6 Å². The first-order valence-electron chi connectivity index (χ1n) is 8.22. The molecule has 3 rings (SSSR count). The summed E-state index contributed by atoms with van der Waals surface area (Å²) in [4.78, 5) is 12.6. The number of hydrogen-bond acceptors (Lipinski definition) is 5. The van der Waals surface area contributed by atoms with E-state index in [1.54, 1.807) is 36.7 Å². The molecular weight excluding hydrogens is 391 g/mol. The summed E-state index contributed by atoms with van der Waals surface area (Å²) in [5.74, 6) is -0.386. The molecule has 0 radical (unpaired) electrons. The number of carbonyl (C=O) groups is 1. The molecule has 0 aliphatic heterocycles. The number of Topliss-reactive ketones (excluding diaryl/α,β-unsaturated/α-hetero) is 1. The lowest BCUT2D eigenvalue weighted by Crippen LogP contribution is -2.10. The normalized spacial score (nSPS) is 11.1. The van der Waals surface area contributed by atoms with Gasteiger partial charge in [-0.3, -0.25) is 4.79 Å². The lowest BCUT2D eigenvalue weighted by Gasteiger charge is -2.10. The van der Waals surface area contributed by atoms with Gasteiger partial charge in [0.25, 0.3) is 0 Å². The Hall–Kier alpha value is -2.81. The number of alkyl halides is 2. The maximum atomic E-state index is 13.1. The third-order valence-corrected chi connectivity index (χ3v) is 4.94. The first-order chi connectivity index (χ1) is 13.3. The number of benzene rings is 2. The minimum absolute atomic E-state index is 0.0293. The highest BCUT2D eigenvalue weighted by Crippen LogP contribution is 2.27. The van der Waals surface area contributed by atoms with Gasteiger partial charge in [0.2, 0.25) is 0 Å². The third kappa shape index (κ3) is 4.53. The van der Waals surface area contributed by atoms with Crippen molar-refractivity contribution in [3.63, 3.8) is 0 Å². The fourth-order valence-electron chi connectivity index (χ4n) is 2.56. The molecule has 28 heavy (non-hydrogen) atoms. The van der Waals surface area contributed by atoms with Crippen LogP contribution in [0.1, 0.15) is 15.9 Å². The smallest absolute Gasteiger partial charge is 0.387 e. The van der Waals surface area contributed by atoms with Crippen LogP contribution in [0, 0.1) is 12.7 Å². The summed E-state index contributed by atoms with van der Waals surface area (Å²) in [5.41, 5.74) is 1.53. The Bertz CT molecular complexity index is 991. The molecule has 1 aromatic heterocycles. The van der Waals surface area contributed by atoms with E-state index < -0.39 is 6.61 Å². The topological polar surface area (TPSA) is 57.0 Å². The molecule has 5 nitrogen and oxygen atoms in total. The van der Waals surface area contributed by atoms with Crippen LogP contribution in [0.25, 0.3) is 11.4 Å². The number of aromatic nitrogens is 3. The van der Waals surface area contributed by atoms with Gasteiger partial charge < -0.3 is 9.30 Å². The Morgan fingerprint density at radius 2 is 1.89 bits per heavy atom. The Morgan fingerprint density at radius 1 is 1.18 bits per heavy atom. The molecule has 0 fully saturated rings. The van der Waals surface area contributed by atoms with Crippen LogP contribution in [-0.2, 0) is 7.05 Å². The van der Waals surface area contributed by atoms with E-state index in [4.69, 9.17) is 0 Å². The molecule has 0 bridgehead atoms. The summed E-state index contributed by atoms with van der Waals surface area (Å²) in [7, 11) is 1.73. The van der Waals surface area contributed by atoms with Crippen LogP contribution in [0.5, 0.6) is 5.75 Å². The van der Waals surface area contributed by atoms with E-state index in [1.807, 2.05) is 0 Å². The van der Waals surface area contributed by atoms with Crippen molar-refractivity contribution in [1.82, 2.24) is 14.8 Å². The van der Waals surface area contributed by atoms with E-state index in [9.17, 15) is 18.0 Å². The van der Waals surface area contributed by atoms with Crippen LogP contribution in [-0.4, -0.2) is 32.9 Å². The van der Waals surface area contributed by atoms with Crippen molar-refractivity contribution in [2.45, 2.75) is 18.7 Å². The summed E-state index contributed by atoms with van der Waals surface area (Å²) in [6, 6.07) is 10.3. The molecule has 0 aliphatic rings. The van der Waals surface area contributed by atoms with Crippen molar-refractivity contribution < 1.29 is 22.7 Å². The van der Waals surface area contributed by atoms with Crippen molar-refractivity contribution in [1.29, 1.82) is 0 Å². The third-order valence-electron chi connectivity index (χ3n) is 3.92. The lowest BCUT2D eigenvalue weighted by atomic mass is 10.1. The molecule has 146 valence electrons. The number of hydrogen-bond donors (Lipinski definition) is 0. The van der Waals surface area contributed by atoms with E-state index in [1.165, 1.54) is 24.3 Å². The number of nitrogens with zero attached hydrogens (tertiary/aromatic N) is 3. The van der Waals surface area contributed by atoms with Crippen molar-refractivity contribution in [2.24, 2.45) is 7.05 Å². The first-order valence-corrected chi connectivity index (χ1v) is 9.20. The summed E-state index contributed by atoms with van der Waals surface area (Å²) >= 11 is 1.12. The monoisotopic (exact) mass is 407 g/mol. The van der Waals surface area contributed by atoms with Gasteiger partial charge in [0.05, 0.1) is 11.3 Å². The zero-order valence-electron chi connectivity index (χ0n) is 15.0. The van der Waals surface area contributed by atoms with Gasteiger partial charge in [-0.1, -0.05) is 23.4 Å². The van der Waals surface area contributed by atoms with Gasteiger partial charge in [-0.25, -0.2) is 4.39 Å². The molecule has 0 aliphatic carbocycles. The standard InChI is InChI=1S/C19H16F3N3O2S/c1-11-3-8-16(27-18(21)22)14(9-11)15(26)10-28-19-24-23-17(25(19)2)12-4-6-13(20)7-5-12/h3-9,18H,10H2,1-2H3. The molecule has 3 aromatic rings. The van der Waals surface area contributed by atoms with Gasteiger partial charge in [-0.05, 0) is 43.3 Å². The highest BCUT2D eigenvalue weighted by molar-refractivity contribution is 7.99. The minimum atomic E-state index is -3.01. The fraction of sp³-hybridized carbons (Fsp3) is 0.211.